The van der Waals surface area contributed by atoms with Gasteiger partial charge in [0.25, 0.3) is 5.91 Å². The molecule has 0 atom stereocenters. The van der Waals surface area contributed by atoms with Crippen LogP contribution in [0.4, 0.5) is 0 Å². The zero-order chi connectivity index (χ0) is 23.4. The Balaban J connectivity index is 1.40. The number of hydrogen-bond donors (Lipinski definition) is 1. The summed E-state index contributed by atoms with van der Waals surface area (Å²) in [6, 6.07) is 19.2. The molecular weight excluding hydrogens is 528 g/mol. The van der Waals surface area contributed by atoms with Gasteiger partial charge < -0.3 is 9.47 Å². The van der Waals surface area contributed by atoms with Gasteiger partial charge in [0.1, 0.15) is 16.4 Å². The van der Waals surface area contributed by atoms with Crippen LogP contribution in [-0.2, 0) is 0 Å². The van der Waals surface area contributed by atoms with E-state index in [1.54, 1.807) is 55.6 Å². The number of thiophene rings is 1. The third-order valence-corrected chi connectivity index (χ3v) is 6.94. The molecule has 0 radical (unpaired) electrons. The highest BCUT2D eigenvalue weighted by Gasteiger charge is 2.19. The second-order valence-corrected chi connectivity index (χ2v) is 9.03. The maximum Gasteiger partial charge on any atom is 0.355 e. The number of benzene rings is 3. The van der Waals surface area contributed by atoms with Gasteiger partial charge in [0, 0.05) is 14.6 Å². The molecule has 0 fully saturated rings. The molecule has 0 aliphatic rings. The van der Waals surface area contributed by atoms with Gasteiger partial charge in [0.15, 0.2) is 0 Å². The molecule has 0 saturated heterocycles. The van der Waals surface area contributed by atoms with Gasteiger partial charge in [-0.25, -0.2) is 10.2 Å². The van der Waals surface area contributed by atoms with Crippen LogP contribution in [0.2, 0.25) is 5.02 Å². The van der Waals surface area contributed by atoms with Gasteiger partial charge in [0.2, 0.25) is 0 Å². The van der Waals surface area contributed by atoms with Gasteiger partial charge in [-0.05, 0) is 76.1 Å². The van der Waals surface area contributed by atoms with Gasteiger partial charge in [-0.15, -0.1) is 11.3 Å². The Hall–Kier alpha value is -3.20. The molecule has 0 saturated carbocycles. The molecule has 166 valence electrons. The predicted octanol–water partition coefficient (Wildman–Crippen LogP) is 6.31. The summed E-state index contributed by atoms with van der Waals surface area (Å²) in [5.74, 6) is 0.176. The van der Waals surface area contributed by atoms with Crippen LogP contribution in [0.25, 0.3) is 10.1 Å². The maximum atomic E-state index is 12.6. The van der Waals surface area contributed by atoms with Crippen molar-refractivity contribution in [3.05, 3.63) is 92.2 Å². The first-order valence-electron chi connectivity index (χ1n) is 9.62. The Kier molecular flexibility index (Phi) is 7.08. The largest absolute Gasteiger partial charge is 0.497 e. The van der Waals surface area contributed by atoms with Crippen molar-refractivity contribution in [3.63, 3.8) is 0 Å². The summed E-state index contributed by atoms with van der Waals surface area (Å²) in [5.41, 5.74) is 3.68. The molecule has 4 rings (SSSR count). The number of hydrazone groups is 1. The average Bonchev–Trinajstić information content (AvgIpc) is 3.16. The van der Waals surface area contributed by atoms with E-state index in [9.17, 15) is 9.59 Å². The molecule has 0 aliphatic heterocycles. The van der Waals surface area contributed by atoms with Crippen molar-refractivity contribution in [3.8, 4) is 11.5 Å². The first-order chi connectivity index (χ1) is 16.0. The van der Waals surface area contributed by atoms with E-state index in [0.29, 0.717) is 37.0 Å². The van der Waals surface area contributed by atoms with Gasteiger partial charge in [0.05, 0.1) is 23.9 Å². The van der Waals surface area contributed by atoms with Crippen molar-refractivity contribution in [2.75, 3.05) is 7.11 Å². The van der Waals surface area contributed by atoms with Gasteiger partial charge in [-0.1, -0.05) is 23.7 Å². The van der Waals surface area contributed by atoms with Gasteiger partial charge in [-0.2, -0.15) is 5.10 Å². The summed E-state index contributed by atoms with van der Waals surface area (Å²) >= 11 is 11.0. The van der Waals surface area contributed by atoms with Crippen LogP contribution < -0.4 is 14.9 Å². The average molecular weight is 544 g/mol. The van der Waals surface area contributed by atoms with Crippen molar-refractivity contribution >= 4 is 67.0 Å². The van der Waals surface area contributed by atoms with E-state index in [1.165, 1.54) is 17.6 Å². The molecule has 3 aromatic carbocycles. The molecule has 1 amide bonds. The molecule has 1 aromatic heterocycles. The fraction of sp³-hybridized carbons (Fsp3) is 0.0417. The highest BCUT2D eigenvalue weighted by molar-refractivity contribution is 9.10. The molecule has 33 heavy (non-hydrogen) atoms. The molecule has 0 bridgehead atoms. The van der Waals surface area contributed by atoms with Crippen LogP contribution in [-0.4, -0.2) is 25.2 Å². The minimum atomic E-state index is -0.540. The smallest absolute Gasteiger partial charge is 0.355 e. The van der Waals surface area contributed by atoms with Crippen LogP contribution in [0, 0.1) is 0 Å². The molecule has 0 unspecified atom stereocenters. The summed E-state index contributed by atoms with van der Waals surface area (Å²) in [7, 11) is 1.58. The Bertz CT molecular complexity index is 1370. The summed E-state index contributed by atoms with van der Waals surface area (Å²) in [6.07, 6.45) is 1.50. The summed E-state index contributed by atoms with van der Waals surface area (Å²) in [5, 5.41) is 5.09. The minimum Gasteiger partial charge on any atom is -0.497 e. The highest BCUT2D eigenvalue weighted by Crippen LogP contribution is 2.37. The van der Waals surface area contributed by atoms with Crippen molar-refractivity contribution in [2.45, 2.75) is 0 Å². The fourth-order valence-electron chi connectivity index (χ4n) is 2.95. The summed E-state index contributed by atoms with van der Waals surface area (Å²) in [6.45, 7) is 0. The second kappa shape index (κ2) is 10.2. The van der Waals surface area contributed by atoms with E-state index < -0.39 is 5.97 Å². The van der Waals surface area contributed by atoms with E-state index in [4.69, 9.17) is 21.1 Å². The number of amides is 1. The Morgan fingerprint density at radius 1 is 1.06 bits per heavy atom. The van der Waals surface area contributed by atoms with Gasteiger partial charge >= 0.3 is 5.97 Å². The lowest BCUT2D eigenvalue weighted by Crippen LogP contribution is -2.18. The molecular formula is C24H16BrClN2O4S. The fourth-order valence-corrected chi connectivity index (χ4v) is 4.83. The number of fused-ring (bicyclic) bond motifs is 1. The zero-order valence-electron chi connectivity index (χ0n) is 17.2. The highest BCUT2D eigenvalue weighted by atomic mass is 79.9. The number of nitrogens with one attached hydrogen (secondary N) is 1. The normalized spacial score (nSPS) is 11.0. The van der Waals surface area contributed by atoms with Crippen LogP contribution in [0.5, 0.6) is 11.5 Å². The number of carbonyl (C=O) groups excluding carboxylic acids is 2. The topological polar surface area (TPSA) is 77.0 Å². The van der Waals surface area contributed by atoms with Crippen molar-refractivity contribution < 1.29 is 19.1 Å². The number of halogens is 2. The van der Waals surface area contributed by atoms with Crippen LogP contribution in [0.1, 0.15) is 25.6 Å². The van der Waals surface area contributed by atoms with E-state index in [0.717, 1.165) is 10.1 Å². The Labute approximate surface area is 206 Å². The minimum absolute atomic E-state index is 0.320. The van der Waals surface area contributed by atoms with Crippen LogP contribution >= 0.6 is 38.9 Å². The van der Waals surface area contributed by atoms with Crippen LogP contribution in [0.15, 0.2) is 76.3 Å². The first kappa shape index (κ1) is 23.0. The summed E-state index contributed by atoms with van der Waals surface area (Å²) < 4.78 is 12.2. The Morgan fingerprint density at radius 3 is 2.52 bits per heavy atom. The molecule has 0 aliphatic carbocycles. The first-order valence-corrected chi connectivity index (χ1v) is 11.6. The number of methoxy groups -OCH3 is 1. The molecule has 9 heteroatoms. The number of carbonyl (C=O) groups is 2. The number of hydrogen-bond acceptors (Lipinski definition) is 6. The lowest BCUT2D eigenvalue weighted by Gasteiger charge is -2.04. The quantitative estimate of drug-likeness (QED) is 0.134. The zero-order valence-corrected chi connectivity index (χ0v) is 20.3. The number of esters is 1. The molecule has 1 heterocycles. The van der Waals surface area contributed by atoms with Crippen molar-refractivity contribution in [1.29, 1.82) is 0 Å². The number of ether oxygens (including phenoxy) is 2. The third-order valence-electron chi connectivity index (χ3n) is 4.61. The van der Waals surface area contributed by atoms with Crippen LogP contribution in [0.3, 0.4) is 0 Å². The standard InChI is InChI=1S/C24H16BrClN2O4S/c1-31-16-10-11-18-20(12-16)33-22(21(18)26)24(30)32-15-8-6-14(7-9-15)13-27-28-23(29)17-4-2-3-5-19(17)25/h2-13H,1H3,(H,28,29)/b27-13-. The number of nitrogens with zero attached hydrogens (tertiary/aromatic N) is 1. The summed E-state index contributed by atoms with van der Waals surface area (Å²) in [4.78, 5) is 25.1. The van der Waals surface area contributed by atoms with E-state index in [-0.39, 0.29) is 5.91 Å². The monoisotopic (exact) mass is 542 g/mol. The lowest BCUT2D eigenvalue weighted by molar-refractivity contribution is 0.0739. The molecule has 4 aromatic rings. The molecule has 0 spiro atoms. The Morgan fingerprint density at radius 2 is 1.79 bits per heavy atom. The van der Waals surface area contributed by atoms with E-state index >= 15 is 0 Å². The van der Waals surface area contributed by atoms with Gasteiger partial charge in [-0.3, -0.25) is 4.79 Å². The van der Waals surface area contributed by atoms with Crippen molar-refractivity contribution in [2.24, 2.45) is 5.10 Å². The van der Waals surface area contributed by atoms with E-state index in [2.05, 4.69) is 26.5 Å². The second-order valence-electron chi connectivity index (χ2n) is 6.74. The lowest BCUT2D eigenvalue weighted by atomic mass is 10.2. The third kappa shape index (κ3) is 5.24. The predicted molar refractivity (Wildman–Crippen MR) is 134 cm³/mol. The van der Waals surface area contributed by atoms with E-state index in [1.807, 2.05) is 18.2 Å². The van der Waals surface area contributed by atoms with Crippen molar-refractivity contribution in [1.82, 2.24) is 5.43 Å². The maximum absolute atomic E-state index is 12.6. The molecule has 1 N–H and O–H groups in total. The number of rotatable bonds is 6. The molecule has 6 nitrogen and oxygen atoms in total. The SMILES string of the molecule is COc1ccc2c(Cl)c(C(=O)Oc3ccc(/C=N\NC(=O)c4ccccc4Br)cc3)sc2c1.